The molecule has 1 fully saturated rings. The second-order valence-electron chi connectivity index (χ2n) is 10.3. The number of thiocarbonyl (C=S) groups is 1. The summed E-state index contributed by atoms with van der Waals surface area (Å²) in [6.45, 7) is 10.8. The van der Waals surface area contributed by atoms with Crippen LogP contribution < -0.4 is 10.6 Å². The van der Waals surface area contributed by atoms with Gasteiger partial charge in [0.1, 0.15) is 5.82 Å². The van der Waals surface area contributed by atoms with Crippen LogP contribution in [0.15, 0.2) is 67.0 Å². The van der Waals surface area contributed by atoms with Crippen LogP contribution >= 0.6 is 12.2 Å². The normalized spacial score (nSPS) is 16.8. The second-order valence-corrected chi connectivity index (χ2v) is 10.7. The Morgan fingerprint density at radius 3 is 2.51 bits per heavy atom. The Hall–Kier alpha value is -4.04. The summed E-state index contributed by atoms with van der Waals surface area (Å²) in [6.07, 6.45) is 3.95. The van der Waals surface area contributed by atoms with E-state index in [0.29, 0.717) is 18.1 Å². The van der Waals surface area contributed by atoms with Gasteiger partial charge in [0.2, 0.25) is 5.91 Å². The average molecular weight is 539 g/mol. The number of nitrogens with zero attached hydrogens (tertiary/aromatic N) is 4. The number of aromatic nitrogens is 3. The zero-order valence-corrected chi connectivity index (χ0v) is 23.8. The number of hydrogen-bond acceptors (Lipinski definition) is 4. The number of nitrogens with one attached hydrogen (secondary N) is 2. The standard InChI is InChI=1S/C31H34N6OS/c1-19-9-10-21(3)26(16-19)34-28(38)12-15-36-30(29(35-31(36)39)25-8-6-7-13-32-25)24-18-22(4)37(23(24)5)27-17-20(2)11-14-33-27/h6-11,13-14,16-18,29-30H,12,15H2,1-5H3,(H,34,38)(H,35,39). The molecule has 2 N–H and O–H groups in total. The van der Waals surface area contributed by atoms with Crippen LogP contribution in [-0.4, -0.2) is 37.0 Å². The van der Waals surface area contributed by atoms with E-state index in [1.165, 1.54) is 0 Å². The predicted molar refractivity (Wildman–Crippen MR) is 159 cm³/mol. The zero-order chi connectivity index (χ0) is 27.7. The van der Waals surface area contributed by atoms with E-state index < -0.39 is 0 Å². The molecule has 0 spiro atoms. The minimum Gasteiger partial charge on any atom is -0.352 e. The second kappa shape index (κ2) is 11.0. The molecule has 2 atom stereocenters. The van der Waals surface area contributed by atoms with E-state index >= 15 is 0 Å². The van der Waals surface area contributed by atoms with Crippen LogP contribution in [0.25, 0.3) is 5.82 Å². The summed E-state index contributed by atoms with van der Waals surface area (Å²) in [5.41, 5.74) is 8.37. The van der Waals surface area contributed by atoms with Gasteiger partial charge in [0.25, 0.3) is 0 Å². The van der Waals surface area contributed by atoms with E-state index in [4.69, 9.17) is 12.2 Å². The number of amides is 1. The number of aryl methyl sites for hydroxylation is 4. The highest BCUT2D eigenvalue weighted by Gasteiger charge is 2.41. The lowest BCUT2D eigenvalue weighted by Gasteiger charge is -2.28. The van der Waals surface area contributed by atoms with Crippen LogP contribution in [0.2, 0.25) is 0 Å². The van der Waals surface area contributed by atoms with Gasteiger partial charge in [-0.1, -0.05) is 18.2 Å². The third-order valence-corrected chi connectivity index (χ3v) is 7.72. The molecule has 2 unspecified atom stereocenters. The van der Waals surface area contributed by atoms with Crippen molar-refractivity contribution in [3.63, 3.8) is 0 Å². The summed E-state index contributed by atoms with van der Waals surface area (Å²) < 4.78 is 2.19. The summed E-state index contributed by atoms with van der Waals surface area (Å²) in [5.74, 6) is 0.847. The van der Waals surface area contributed by atoms with Crippen molar-refractivity contribution < 1.29 is 4.79 Å². The summed E-state index contributed by atoms with van der Waals surface area (Å²) >= 11 is 5.84. The van der Waals surface area contributed by atoms with Gasteiger partial charge in [-0.25, -0.2) is 4.98 Å². The fraction of sp³-hybridized carbons (Fsp3) is 0.290. The molecule has 4 aromatic rings. The van der Waals surface area contributed by atoms with E-state index in [-0.39, 0.29) is 18.0 Å². The fourth-order valence-corrected chi connectivity index (χ4v) is 5.70. The van der Waals surface area contributed by atoms with Crippen molar-refractivity contribution in [3.05, 3.63) is 106 Å². The Labute approximate surface area is 235 Å². The lowest BCUT2D eigenvalue weighted by atomic mass is 9.96. The molecule has 1 aliphatic rings. The van der Waals surface area contributed by atoms with E-state index in [2.05, 4.69) is 63.0 Å². The van der Waals surface area contributed by atoms with Crippen molar-refractivity contribution in [1.29, 1.82) is 0 Å². The molecule has 8 heteroatoms. The largest absolute Gasteiger partial charge is 0.352 e. The molecular formula is C31H34N6OS. The van der Waals surface area contributed by atoms with Crippen molar-refractivity contribution >= 4 is 28.9 Å². The predicted octanol–water partition coefficient (Wildman–Crippen LogP) is 5.81. The van der Waals surface area contributed by atoms with Gasteiger partial charge >= 0.3 is 0 Å². The first-order valence-electron chi connectivity index (χ1n) is 13.2. The summed E-state index contributed by atoms with van der Waals surface area (Å²) in [5, 5.41) is 7.21. The van der Waals surface area contributed by atoms with Crippen molar-refractivity contribution in [2.24, 2.45) is 0 Å². The molecule has 4 heterocycles. The van der Waals surface area contributed by atoms with Crippen LogP contribution in [0.4, 0.5) is 5.69 Å². The molecule has 1 aliphatic heterocycles. The smallest absolute Gasteiger partial charge is 0.226 e. The minimum atomic E-state index is -0.153. The molecule has 0 radical (unpaired) electrons. The molecule has 39 heavy (non-hydrogen) atoms. The maximum absolute atomic E-state index is 13.0. The van der Waals surface area contributed by atoms with Crippen LogP contribution in [0.5, 0.6) is 0 Å². The average Bonchev–Trinajstić information content (AvgIpc) is 3.39. The van der Waals surface area contributed by atoms with E-state index in [1.54, 1.807) is 6.20 Å². The lowest BCUT2D eigenvalue weighted by molar-refractivity contribution is -0.116. The molecule has 0 bridgehead atoms. The van der Waals surface area contributed by atoms with Crippen molar-refractivity contribution in [3.8, 4) is 5.82 Å². The molecule has 7 nitrogen and oxygen atoms in total. The zero-order valence-electron chi connectivity index (χ0n) is 23.0. The molecule has 1 saturated heterocycles. The number of carbonyl (C=O) groups is 1. The Balaban J connectivity index is 1.47. The topological polar surface area (TPSA) is 75.1 Å². The highest BCUT2D eigenvalue weighted by molar-refractivity contribution is 7.80. The van der Waals surface area contributed by atoms with Gasteiger partial charge in [-0.05, 0) is 105 Å². The van der Waals surface area contributed by atoms with Gasteiger partial charge in [-0.2, -0.15) is 0 Å². The monoisotopic (exact) mass is 538 g/mol. The van der Waals surface area contributed by atoms with E-state index in [9.17, 15) is 4.79 Å². The van der Waals surface area contributed by atoms with Crippen LogP contribution in [-0.2, 0) is 4.79 Å². The molecule has 0 saturated carbocycles. The van der Waals surface area contributed by atoms with Gasteiger partial charge in [0, 0.05) is 42.4 Å². The van der Waals surface area contributed by atoms with Crippen LogP contribution in [0.1, 0.15) is 57.8 Å². The molecule has 1 aromatic carbocycles. The number of hydrogen-bond donors (Lipinski definition) is 2. The third-order valence-electron chi connectivity index (χ3n) is 7.36. The summed E-state index contributed by atoms with van der Waals surface area (Å²) in [7, 11) is 0. The number of anilines is 1. The summed E-state index contributed by atoms with van der Waals surface area (Å²) in [4.78, 5) is 24.5. The highest BCUT2D eigenvalue weighted by Crippen LogP contribution is 2.41. The van der Waals surface area contributed by atoms with Gasteiger partial charge in [-0.15, -0.1) is 0 Å². The Bertz CT molecular complexity index is 1530. The minimum absolute atomic E-state index is 0.0408. The van der Waals surface area contributed by atoms with Crippen molar-refractivity contribution in [1.82, 2.24) is 24.8 Å². The van der Waals surface area contributed by atoms with Gasteiger partial charge in [-0.3, -0.25) is 9.78 Å². The molecule has 1 amide bonds. The Kier molecular flexibility index (Phi) is 7.48. The number of carbonyl (C=O) groups excluding carboxylic acids is 1. The van der Waals surface area contributed by atoms with Gasteiger partial charge < -0.3 is 20.1 Å². The number of rotatable bonds is 7. The Morgan fingerprint density at radius 1 is 0.974 bits per heavy atom. The van der Waals surface area contributed by atoms with Crippen LogP contribution in [0, 0.1) is 34.6 Å². The molecule has 3 aromatic heterocycles. The molecular weight excluding hydrogens is 504 g/mol. The highest BCUT2D eigenvalue weighted by atomic mass is 32.1. The van der Waals surface area contributed by atoms with Gasteiger partial charge in [0.15, 0.2) is 5.11 Å². The first kappa shape index (κ1) is 26.6. The SMILES string of the molecule is Cc1ccnc(-n2c(C)cc(C3C(c4ccccn4)NC(=S)N3CCC(=O)Nc3cc(C)ccc3C)c2C)c1. The first-order chi connectivity index (χ1) is 18.7. The maximum atomic E-state index is 13.0. The molecule has 5 rings (SSSR count). The van der Waals surface area contributed by atoms with E-state index in [0.717, 1.165) is 50.8 Å². The summed E-state index contributed by atoms with van der Waals surface area (Å²) in [6, 6.07) is 18.0. The van der Waals surface area contributed by atoms with E-state index in [1.807, 2.05) is 62.5 Å². The lowest BCUT2D eigenvalue weighted by Crippen LogP contribution is -2.33. The quantitative estimate of drug-likeness (QED) is 0.289. The fourth-order valence-electron chi connectivity index (χ4n) is 5.37. The Morgan fingerprint density at radius 2 is 1.77 bits per heavy atom. The molecule has 0 aliphatic carbocycles. The third kappa shape index (κ3) is 5.43. The van der Waals surface area contributed by atoms with Crippen LogP contribution in [0.3, 0.4) is 0 Å². The number of benzene rings is 1. The maximum Gasteiger partial charge on any atom is 0.226 e. The van der Waals surface area contributed by atoms with Crippen molar-refractivity contribution in [2.45, 2.75) is 53.1 Å². The first-order valence-corrected chi connectivity index (χ1v) is 13.6. The van der Waals surface area contributed by atoms with Crippen molar-refractivity contribution in [2.75, 3.05) is 11.9 Å². The van der Waals surface area contributed by atoms with Gasteiger partial charge in [0.05, 0.1) is 17.8 Å². The molecule has 200 valence electrons. The number of pyridine rings is 2.